The number of benzene rings is 1. The Morgan fingerprint density at radius 3 is 2.75 bits per heavy atom. The van der Waals surface area contributed by atoms with Gasteiger partial charge in [-0.3, -0.25) is 0 Å². The molecule has 0 amide bonds. The lowest BCUT2D eigenvalue weighted by atomic mass is 9.79. The Kier molecular flexibility index (Phi) is 5.47. The molecule has 20 heavy (non-hydrogen) atoms. The first-order valence-electron chi connectivity index (χ1n) is 8.04. The van der Waals surface area contributed by atoms with E-state index in [0.717, 1.165) is 12.3 Å². The van der Waals surface area contributed by atoms with Crippen molar-refractivity contribution in [3.8, 4) is 5.75 Å². The summed E-state index contributed by atoms with van der Waals surface area (Å²) >= 11 is 0. The summed E-state index contributed by atoms with van der Waals surface area (Å²) in [5, 5.41) is 3.70. The maximum Gasteiger partial charge on any atom is 0.122 e. The molecule has 1 aromatic carbocycles. The van der Waals surface area contributed by atoms with E-state index in [0.29, 0.717) is 12.0 Å². The Morgan fingerprint density at radius 1 is 1.25 bits per heavy atom. The van der Waals surface area contributed by atoms with Gasteiger partial charge in [0.15, 0.2) is 0 Å². The minimum Gasteiger partial charge on any atom is -0.496 e. The first-order chi connectivity index (χ1) is 9.65. The van der Waals surface area contributed by atoms with Gasteiger partial charge in [-0.2, -0.15) is 0 Å². The molecule has 0 heterocycles. The highest BCUT2D eigenvalue weighted by molar-refractivity contribution is 5.45. The molecule has 2 rings (SSSR count). The quantitative estimate of drug-likeness (QED) is 0.863. The van der Waals surface area contributed by atoms with Crippen LogP contribution in [0.25, 0.3) is 0 Å². The van der Waals surface area contributed by atoms with Crippen molar-refractivity contribution in [1.29, 1.82) is 0 Å². The van der Waals surface area contributed by atoms with Crippen LogP contribution >= 0.6 is 0 Å². The van der Waals surface area contributed by atoms with Crippen molar-refractivity contribution >= 4 is 0 Å². The first kappa shape index (κ1) is 15.4. The fraction of sp³-hybridized carbons (Fsp3) is 0.667. The Bertz CT molecular complexity index is 441. The van der Waals surface area contributed by atoms with Crippen molar-refractivity contribution in [3.05, 3.63) is 28.8 Å². The fourth-order valence-electron chi connectivity index (χ4n) is 3.62. The Hall–Kier alpha value is -1.02. The van der Waals surface area contributed by atoms with Crippen LogP contribution in [-0.2, 0) is 0 Å². The van der Waals surface area contributed by atoms with Gasteiger partial charge in [-0.1, -0.05) is 19.4 Å². The highest BCUT2D eigenvalue weighted by atomic mass is 16.5. The first-order valence-corrected chi connectivity index (χ1v) is 8.04. The number of methoxy groups -OCH3 is 1. The van der Waals surface area contributed by atoms with E-state index in [4.69, 9.17) is 4.74 Å². The van der Waals surface area contributed by atoms with E-state index in [1.54, 1.807) is 7.11 Å². The van der Waals surface area contributed by atoms with Gasteiger partial charge in [-0.15, -0.1) is 0 Å². The summed E-state index contributed by atoms with van der Waals surface area (Å²) in [5.74, 6) is 1.73. The smallest absolute Gasteiger partial charge is 0.122 e. The Labute approximate surface area is 123 Å². The molecule has 1 aliphatic carbocycles. The molecule has 1 N–H and O–H groups in total. The van der Waals surface area contributed by atoms with Crippen LogP contribution in [0.15, 0.2) is 12.1 Å². The number of rotatable bonds is 5. The predicted octanol–water partition coefficient (Wildman–Crippen LogP) is 4.34. The normalized spacial score (nSPS) is 22.8. The topological polar surface area (TPSA) is 21.3 Å². The summed E-state index contributed by atoms with van der Waals surface area (Å²) in [6.07, 6.45) is 6.41. The largest absolute Gasteiger partial charge is 0.496 e. The number of hydrogen-bond acceptors (Lipinski definition) is 2. The minimum absolute atomic E-state index is 0.647. The molecule has 2 atom stereocenters. The second kappa shape index (κ2) is 7.12. The van der Waals surface area contributed by atoms with Gasteiger partial charge in [0.2, 0.25) is 0 Å². The van der Waals surface area contributed by atoms with E-state index in [2.05, 4.69) is 38.2 Å². The van der Waals surface area contributed by atoms with Crippen LogP contribution in [-0.4, -0.2) is 19.7 Å². The van der Waals surface area contributed by atoms with Crippen LogP contribution in [0.4, 0.5) is 0 Å². The summed E-state index contributed by atoms with van der Waals surface area (Å²) in [6, 6.07) is 5.16. The standard InChI is InChI=1S/C18H29NO/c1-5-9-19-16-8-6-7-15(12-16)18-14(3)10-13(2)11-17(18)20-4/h10-11,15-16,19H,5-9,12H2,1-4H3. The molecule has 2 unspecified atom stereocenters. The lowest BCUT2D eigenvalue weighted by Crippen LogP contribution is -2.34. The zero-order valence-corrected chi connectivity index (χ0v) is 13.5. The van der Waals surface area contributed by atoms with E-state index >= 15 is 0 Å². The molecule has 1 aliphatic rings. The molecular weight excluding hydrogens is 246 g/mol. The lowest BCUT2D eigenvalue weighted by molar-refractivity contribution is 0.329. The molecule has 0 aromatic heterocycles. The van der Waals surface area contributed by atoms with Crippen LogP contribution in [0.3, 0.4) is 0 Å². The van der Waals surface area contributed by atoms with Gasteiger partial charge in [0.25, 0.3) is 0 Å². The maximum absolute atomic E-state index is 5.66. The molecule has 0 spiro atoms. The van der Waals surface area contributed by atoms with Crippen molar-refractivity contribution in [2.24, 2.45) is 0 Å². The van der Waals surface area contributed by atoms with Crippen LogP contribution in [0, 0.1) is 13.8 Å². The minimum atomic E-state index is 0.647. The predicted molar refractivity (Wildman–Crippen MR) is 85.8 cm³/mol. The maximum atomic E-state index is 5.66. The fourth-order valence-corrected chi connectivity index (χ4v) is 3.62. The average molecular weight is 275 g/mol. The highest BCUT2D eigenvalue weighted by Gasteiger charge is 2.26. The third-order valence-electron chi connectivity index (χ3n) is 4.48. The molecule has 0 radical (unpaired) electrons. The highest BCUT2D eigenvalue weighted by Crippen LogP contribution is 2.40. The summed E-state index contributed by atoms with van der Waals surface area (Å²) in [4.78, 5) is 0. The van der Waals surface area contributed by atoms with Gasteiger partial charge in [0, 0.05) is 11.6 Å². The molecule has 2 nitrogen and oxygen atoms in total. The molecular formula is C18H29NO. The Balaban J connectivity index is 2.18. The second-order valence-electron chi connectivity index (χ2n) is 6.21. The molecule has 2 heteroatoms. The van der Waals surface area contributed by atoms with Crippen molar-refractivity contribution in [2.45, 2.75) is 64.8 Å². The van der Waals surface area contributed by atoms with Crippen LogP contribution in [0.1, 0.15) is 61.6 Å². The third-order valence-corrected chi connectivity index (χ3v) is 4.48. The summed E-state index contributed by atoms with van der Waals surface area (Å²) in [7, 11) is 1.80. The zero-order chi connectivity index (χ0) is 14.5. The van der Waals surface area contributed by atoms with Crippen molar-refractivity contribution in [1.82, 2.24) is 5.32 Å². The molecule has 1 fully saturated rings. The van der Waals surface area contributed by atoms with Gasteiger partial charge >= 0.3 is 0 Å². The monoisotopic (exact) mass is 275 g/mol. The molecule has 1 saturated carbocycles. The SMILES string of the molecule is CCCNC1CCCC(c2c(C)cc(C)cc2OC)C1. The van der Waals surface area contributed by atoms with Crippen molar-refractivity contribution in [3.63, 3.8) is 0 Å². The zero-order valence-electron chi connectivity index (χ0n) is 13.5. The van der Waals surface area contributed by atoms with Crippen LogP contribution in [0.2, 0.25) is 0 Å². The van der Waals surface area contributed by atoms with E-state index in [1.807, 2.05) is 0 Å². The number of hydrogen-bond donors (Lipinski definition) is 1. The number of ether oxygens (including phenoxy) is 1. The third kappa shape index (κ3) is 3.54. The number of nitrogens with one attached hydrogen (secondary N) is 1. The van der Waals surface area contributed by atoms with Crippen LogP contribution < -0.4 is 10.1 Å². The van der Waals surface area contributed by atoms with Gasteiger partial charge < -0.3 is 10.1 Å². The van der Waals surface area contributed by atoms with E-state index in [9.17, 15) is 0 Å². The Morgan fingerprint density at radius 2 is 2.05 bits per heavy atom. The molecule has 0 bridgehead atoms. The van der Waals surface area contributed by atoms with Crippen molar-refractivity contribution < 1.29 is 4.74 Å². The van der Waals surface area contributed by atoms with Gasteiger partial charge in [-0.25, -0.2) is 0 Å². The number of aryl methyl sites for hydroxylation is 2. The molecule has 112 valence electrons. The average Bonchev–Trinajstić information content (AvgIpc) is 2.44. The van der Waals surface area contributed by atoms with E-state index in [1.165, 1.54) is 48.8 Å². The van der Waals surface area contributed by atoms with E-state index in [-0.39, 0.29) is 0 Å². The van der Waals surface area contributed by atoms with Gasteiger partial charge in [0.05, 0.1) is 7.11 Å². The summed E-state index contributed by atoms with van der Waals surface area (Å²) in [6.45, 7) is 7.75. The molecule has 0 saturated heterocycles. The van der Waals surface area contributed by atoms with Crippen LogP contribution in [0.5, 0.6) is 5.75 Å². The van der Waals surface area contributed by atoms with E-state index < -0.39 is 0 Å². The second-order valence-corrected chi connectivity index (χ2v) is 6.21. The lowest BCUT2D eigenvalue weighted by Gasteiger charge is -2.32. The molecule has 0 aliphatic heterocycles. The summed E-state index contributed by atoms with van der Waals surface area (Å²) < 4.78 is 5.66. The van der Waals surface area contributed by atoms with Gasteiger partial charge in [-0.05, 0) is 69.2 Å². The van der Waals surface area contributed by atoms with Gasteiger partial charge in [0.1, 0.15) is 5.75 Å². The molecule has 1 aromatic rings. The van der Waals surface area contributed by atoms with Crippen molar-refractivity contribution in [2.75, 3.05) is 13.7 Å². The summed E-state index contributed by atoms with van der Waals surface area (Å²) in [5.41, 5.74) is 4.13.